The molecule has 120 valence electrons. The van der Waals surface area contributed by atoms with Gasteiger partial charge in [0.1, 0.15) is 11.5 Å². The van der Waals surface area contributed by atoms with Gasteiger partial charge >= 0.3 is 0 Å². The van der Waals surface area contributed by atoms with E-state index < -0.39 is 10.8 Å². The Balaban J connectivity index is 2.36. The summed E-state index contributed by atoms with van der Waals surface area (Å²) in [6, 6.07) is 8.91. The molecule has 2 aromatic carbocycles. The minimum atomic E-state index is -0.545. The molecular formula is C15H13BrN2O5. The molecule has 0 heterocycles. The van der Waals surface area contributed by atoms with Crippen LogP contribution in [0, 0.1) is 10.1 Å². The summed E-state index contributed by atoms with van der Waals surface area (Å²) in [4.78, 5) is 22.8. The van der Waals surface area contributed by atoms with Gasteiger partial charge < -0.3 is 14.8 Å². The highest BCUT2D eigenvalue weighted by Gasteiger charge is 2.16. The standard InChI is InChI=1S/C15H13BrN2O5/c1-22-10-4-5-12(16)11(8-10)15(19)17-13-7-9(18(20)21)3-6-14(13)23-2/h3-8H,1-2H3,(H,17,19). The number of nitro benzene ring substituents is 1. The number of hydrogen-bond acceptors (Lipinski definition) is 5. The number of rotatable bonds is 5. The number of halogens is 1. The Morgan fingerprint density at radius 3 is 2.52 bits per heavy atom. The van der Waals surface area contributed by atoms with Crippen molar-refractivity contribution < 1.29 is 19.2 Å². The third kappa shape index (κ3) is 3.78. The second-order valence-electron chi connectivity index (χ2n) is 4.44. The molecule has 2 rings (SSSR count). The van der Waals surface area contributed by atoms with E-state index in [1.807, 2.05) is 0 Å². The molecule has 0 spiro atoms. The first kappa shape index (κ1) is 16.8. The van der Waals surface area contributed by atoms with E-state index in [0.29, 0.717) is 21.5 Å². The van der Waals surface area contributed by atoms with Gasteiger partial charge in [0.15, 0.2) is 0 Å². The minimum absolute atomic E-state index is 0.147. The van der Waals surface area contributed by atoms with E-state index >= 15 is 0 Å². The van der Waals surface area contributed by atoms with E-state index in [2.05, 4.69) is 21.2 Å². The number of carbonyl (C=O) groups excluding carboxylic acids is 1. The summed E-state index contributed by atoms with van der Waals surface area (Å²) in [6.07, 6.45) is 0. The topological polar surface area (TPSA) is 90.7 Å². The molecule has 0 saturated carbocycles. The van der Waals surface area contributed by atoms with Crippen LogP contribution in [-0.4, -0.2) is 25.1 Å². The lowest BCUT2D eigenvalue weighted by Crippen LogP contribution is -2.13. The van der Waals surface area contributed by atoms with Gasteiger partial charge in [-0.2, -0.15) is 0 Å². The maximum absolute atomic E-state index is 12.4. The number of nitrogens with one attached hydrogen (secondary N) is 1. The summed E-state index contributed by atoms with van der Waals surface area (Å²) in [5.74, 6) is 0.391. The maximum atomic E-state index is 12.4. The molecule has 0 aliphatic heterocycles. The molecule has 0 aliphatic carbocycles. The van der Waals surface area contributed by atoms with Crippen LogP contribution in [0.25, 0.3) is 0 Å². The summed E-state index contributed by atoms with van der Waals surface area (Å²) in [5.41, 5.74) is 0.394. The van der Waals surface area contributed by atoms with Crippen molar-refractivity contribution in [1.29, 1.82) is 0 Å². The number of anilines is 1. The number of nitro groups is 1. The first-order valence-corrected chi connectivity index (χ1v) is 7.23. The monoisotopic (exact) mass is 380 g/mol. The Morgan fingerprint density at radius 2 is 1.91 bits per heavy atom. The van der Waals surface area contributed by atoms with Crippen molar-refractivity contribution in [2.24, 2.45) is 0 Å². The first-order chi connectivity index (χ1) is 11.0. The molecule has 1 N–H and O–H groups in total. The van der Waals surface area contributed by atoms with Crippen LogP contribution in [0.1, 0.15) is 10.4 Å². The fourth-order valence-electron chi connectivity index (χ4n) is 1.90. The number of benzene rings is 2. The van der Waals surface area contributed by atoms with Crippen molar-refractivity contribution in [1.82, 2.24) is 0 Å². The van der Waals surface area contributed by atoms with Gasteiger partial charge in [-0.1, -0.05) is 0 Å². The zero-order chi connectivity index (χ0) is 17.0. The van der Waals surface area contributed by atoms with Gasteiger partial charge in [-0.25, -0.2) is 0 Å². The van der Waals surface area contributed by atoms with E-state index in [4.69, 9.17) is 9.47 Å². The fraction of sp³-hybridized carbons (Fsp3) is 0.133. The van der Waals surface area contributed by atoms with E-state index in [9.17, 15) is 14.9 Å². The van der Waals surface area contributed by atoms with Crippen LogP contribution >= 0.6 is 15.9 Å². The maximum Gasteiger partial charge on any atom is 0.271 e. The smallest absolute Gasteiger partial charge is 0.271 e. The lowest BCUT2D eigenvalue weighted by Gasteiger charge is -2.11. The van der Waals surface area contributed by atoms with Gasteiger partial charge in [0.25, 0.3) is 11.6 Å². The van der Waals surface area contributed by atoms with Crippen LogP contribution < -0.4 is 14.8 Å². The number of hydrogen-bond donors (Lipinski definition) is 1. The summed E-state index contributed by atoms with van der Waals surface area (Å²) in [6.45, 7) is 0. The zero-order valence-corrected chi connectivity index (χ0v) is 13.9. The quantitative estimate of drug-likeness (QED) is 0.631. The lowest BCUT2D eigenvalue weighted by molar-refractivity contribution is -0.384. The predicted molar refractivity (Wildman–Crippen MR) is 88.3 cm³/mol. The molecule has 23 heavy (non-hydrogen) atoms. The molecule has 0 saturated heterocycles. The molecule has 7 nitrogen and oxygen atoms in total. The lowest BCUT2D eigenvalue weighted by atomic mass is 10.2. The van der Waals surface area contributed by atoms with E-state index in [1.54, 1.807) is 18.2 Å². The number of carbonyl (C=O) groups is 1. The molecule has 0 atom stereocenters. The van der Waals surface area contributed by atoms with Crippen molar-refractivity contribution in [3.05, 3.63) is 56.5 Å². The van der Waals surface area contributed by atoms with Crippen LogP contribution in [0.4, 0.5) is 11.4 Å². The van der Waals surface area contributed by atoms with Crippen molar-refractivity contribution in [2.75, 3.05) is 19.5 Å². The van der Waals surface area contributed by atoms with Crippen LogP contribution in [0.5, 0.6) is 11.5 Å². The van der Waals surface area contributed by atoms with Crippen LogP contribution in [0.2, 0.25) is 0 Å². The molecule has 1 amide bonds. The van der Waals surface area contributed by atoms with E-state index in [0.717, 1.165) is 0 Å². The Morgan fingerprint density at radius 1 is 1.17 bits per heavy atom. The average Bonchev–Trinajstić information content (AvgIpc) is 2.55. The number of nitrogens with zero attached hydrogens (tertiary/aromatic N) is 1. The Labute approximate surface area is 140 Å². The van der Waals surface area contributed by atoms with Crippen molar-refractivity contribution in [3.8, 4) is 11.5 Å². The summed E-state index contributed by atoms with van der Waals surface area (Å²) >= 11 is 3.29. The Kier molecular flexibility index (Phi) is 5.17. The molecule has 2 aromatic rings. The molecule has 0 bridgehead atoms. The van der Waals surface area contributed by atoms with Gasteiger partial charge in [0.05, 0.1) is 30.4 Å². The first-order valence-electron chi connectivity index (χ1n) is 6.43. The summed E-state index contributed by atoms with van der Waals surface area (Å²) < 4.78 is 10.8. The largest absolute Gasteiger partial charge is 0.497 e. The van der Waals surface area contributed by atoms with Crippen LogP contribution in [-0.2, 0) is 0 Å². The third-order valence-corrected chi connectivity index (χ3v) is 3.75. The Hall–Kier alpha value is -2.61. The molecular weight excluding hydrogens is 368 g/mol. The van der Waals surface area contributed by atoms with Crippen molar-refractivity contribution in [3.63, 3.8) is 0 Å². The molecule has 0 aromatic heterocycles. The minimum Gasteiger partial charge on any atom is -0.497 e. The average molecular weight is 381 g/mol. The van der Waals surface area contributed by atoms with E-state index in [-0.39, 0.29) is 11.4 Å². The van der Waals surface area contributed by atoms with E-state index in [1.165, 1.54) is 32.4 Å². The summed E-state index contributed by atoms with van der Waals surface area (Å²) in [5, 5.41) is 13.5. The fourth-order valence-corrected chi connectivity index (χ4v) is 2.33. The highest BCUT2D eigenvalue weighted by molar-refractivity contribution is 9.10. The molecule has 0 aliphatic rings. The molecule has 0 radical (unpaired) electrons. The van der Waals surface area contributed by atoms with Gasteiger partial charge in [-0.3, -0.25) is 14.9 Å². The Bertz CT molecular complexity index is 764. The van der Waals surface area contributed by atoms with Gasteiger partial charge in [-0.05, 0) is 40.2 Å². The van der Waals surface area contributed by atoms with Gasteiger partial charge in [0, 0.05) is 16.6 Å². The highest BCUT2D eigenvalue weighted by atomic mass is 79.9. The normalized spacial score (nSPS) is 10.0. The third-order valence-electron chi connectivity index (χ3n) is 3.06. The number of methoxy groups -OCH3 is 2. The SMILES string of the molecule is COc1ccc(Br)c(C(=O)Nc2cc([N+](=O)[O-])ccc2OC)c1. The molecule has 0 unspecified atom stereocenters. The molecule has 8 heteroatoms. The second-order valence-corrected chi connectivity index (χ2v) is 5.30. The number of amides is 1. The van der Waals surface area contributed by atoms with Gasteiger partial charge in [-0.15, -0.1) is 0 Å². The van der Waals surface area contributed by atoms with Crippen molar-refractivity contribution in [2.45, 2.75) is 0 Å². The number of ether oxygens (including phenoxy) is 2. The molecule has 0 fully saturated rings. The van der Waals surface area contributed by atoms with Crippen molar-refractivity contribution >= 4 is 33.2 Å². The number of non-ortho nitro benzene ring substituents is 1. The van der Waals surface area contributed by atoms with Crippen LogP contribution in [0.15, 0.2) is 40.9 Å². The second kappa shape index (κ2) is 7.10. The summed E-state index contributed by atoms with van der Waals surface area (Å²) in [7, 11) is 2.91. The zero-order valence-electron chi connectivity index (χ0n) is 12.3. The highest BCUT2D eigenvalue weighted by Crippen LogP contribution is 2.30. The van der Waals surface area contributed by atoms with Crippen LogP contribution in [0.3, 0.4) is 0 Å². The predicted octanol–water partition coefficient (Wildman–Crippen LogP) is 3.63. The van der Waals surface area contributed by atoms with Gasteiger partial charge in [0.2, 0.25) is 0 Å².